The van der Waals surface area contributed by atoms with Crippen LogP contribution in [0.4, 0.5) is 21.6 Å². The van der Waals surface area contributed by atoms with Gasteiger partial charge in [0.15, 0.2) is 0 Å². The van der Waals surface area contributed by atoms with Crippen LogP contribution in [-0.2, 0) is 6.42 Å². The molecule has 1 aliphatic carbocycles. The summed E-state index contributed by atoms with van der Waals surface area (Å²) in [6.07, 6.45) is 4.12. The number of hydrogen-bond acceptors (Lipinski definition) is 5. The molecule has 2 amide bonds. The molecule has 1 aliphatic heterocycles. The van der Waals surface area contributed by atoms with Crippen LogP contribution >= 0.6 is 11.3 Å². The van der Waals surface area contributed by atoms with Gasteiger partial charge in [-0.15, -0.1) is 11.3 Å². The summed E-state index contributed by atoms with van der Waals surface area (Å²) in [6, 6.07) is 20.5. The van der Waals surface area contributed by atoms with Crippen molar-refractivity contribution in [2.75, 3.05) is 28.7 Å². The molecular weight excluding hydrogens is 511 g/mol. The van der Waals surface area contributed by atoms with Crippen molar-refractivity contribution in [3.05, 3.63) is 94.2 Å². The third kappa shape index (κ3) is 4.69. The highest BCUT2D eigenvalue weighted by Gasteiger charge is 2.29. The van der Waals surface area contributed by atoms with Gasteiger partial charge in [0.2, 0.25) is 0 Å². The van der Waals surface area contributed by atoms with Gasteiger partial charge in [-0.25, -0.2) is 9.37 Å². The minimum atomic E-state index is -0.461. The van der Waals surface area contributed by atoms with Crippen LogP contribution in [0.2, 0.25) is 0 Å². The SMILES string of the molecule is Cc1cccc(F)c1NC(=O)c1cc2c(s1)-c1ccccc1N(C(=O)c1cccc(N(C)C3CCC3)n1)CC2. The topological polar surface area (TPSA) is 65.5 Å². The second-order valence-corrected chi connectivity index (χ2v) is 11.2. The van der Waals surface area contributed by atoms with E-state index in [4.69, 9.17) is 4.98 Å². The number of amides is 2. The second kappa shape index (κ2) is 10.3. The summed E-state index contributed by atoms with van der Waals surface area (Å²) in [5.41, 5.74) is 3.95. The Labute approximate surface area is 231 Å². The van der Waals surface area contributed by atoms with Crippen molar-refractivity contribution < 1.29 is 14.0 Å². The van der Waals surface area contributed by atoms with E-state index in [0.717, 1.165) is 40.4 Å². The first-order chi connectivity index (χ1) is 18.9. The lowest BCUT2D eigenvalue weighted by Gasteiger charge is -2.35. The van der Waals surface area contributed by atoms with Crippen LogP contribution in [0.3, 0.4) is 0 Å². The quantitative estimate of drug-likeness (QED) is 0.306. The van der Waals surface area contributed by atoms with Gasteiger partial charge in [-0.1, -0.05) is 36.4 Å². The number of fused-ring (bicyclic) bond motifs is 3. The summed E-state index contributed by atoms with van der Waals surface area (Å²) >= 11 is 1.36. The van der Waals surface area contributed by atoms with Crippen molar-refractivity contribution in [1.29, 1.82) is 0 Å². The normalized spacial score (nSPS) is 14.6. The van der Waals surface area contributed by atoms with E-state index >= 15 is 0 Å². The number of carbonyl (C=O) groups is 2. The third-order valence-corrected chi connectivity index (χ3v) is 8.93. The Morgan fingerprint density at radius 1 is 1.08 bits per heavy atom. The molecule has 1 fully saturated rings. The van der Waals surface area contributed by atoms with Gasteiger partial charge in [-0.2, -0.15) is 0 Å². The second-order valence-electron chi connectivity index (χ2n) is 10.2. The summed E-state index contributed by atoms with van der Waals surface area (Å²) in [6.45, 7) is 2.22. The van der Waals surface area contributed by atoms with Gasteiger partial charge in [0, 0.05) is 30.1 Å². The van der Waals surface area contributed by atoms with Crippen LogP contribution < -0.4 is 15.1 Å². The molecule has 198 valence electrons. The number of thiophene rings is 1. The minimum Gasteiger partial charge on any atom is -0.357 e. The number of nitrogens with one attached hydrogen (secondary N) is 1. The number of hydrogen-bond donors (Lipinski definition) is 1. The maximum atomic E-state index is 14.3. The van der Waals surface area contributed by atoms with Crippen LogP contribution in [-0.4, -0.2) is 36.4 Å². The van der Waals surface area contributed by atoms with E-state index < -0.39 is 5.82 Å². The molecular formula is C31H29FN4O2S. The number of nitrogens with zero attached hydrogens (tertiary/aromatic N) is 3. The molecule has 3 heterocycles. The third-order valence-electron chi connectivity index (χ3n) is 7.72. The van der Waals surface area contributed by atoms with Crippen molar-refractivity contribution in [2.45, 2.75) is 38.6 Å². The average molecular weight is 541 g/mol. The van der Waals surface area contributed by atoms with Gasteiger partial charge in [0.05, 0.1) is 16.3 Å². The molecule has 0 atom stereocenters. The summed E-state index contributed by atoms with van der Waals surface area (Å²) in [7, 11) is 2.04. The fourth-order valence-corrected chi connectivity index (χ4v) is 6.36. The Bertz CT molecular complexity index is 1560. The molecule has 1 saturated carbocycles. The van der Waals surface area contributed by atoms with Crippen molar-refractivity contribution in [3.63, 3.8) is 0 Å². The molecule has 6 rings (SSSR count). The molecule has 0 bridgehead atoms. The summed E-state index contributed by atoms with van der Waals surface area (Å²) in [4.78, 5) is 37.1. The van der Waals surface area contributed by atoms with Gasteiger partial charge in [-0.3, -0.25) is 9.59 Å². The number of rotatable bonds is 5. The molecule has 8 heteroatoms. The molecule has 4 aromatic rings. The number of para-hydroxylation sites is 2. The summed E-state index contributed by atoms with van der Waals surface area (Å²) in [5, 5.41) is 2.74. The van der Waals surface area contributed by atoms with Gasteiger partial charge in [0.1, 0.15) is 17.3 Å². The highest BCUT2D eigenvalue weighted by atomic mass is 32.1. The zero-order valence-corrected chi connectivity index (χ0v) is 22.7. The molecule has 0 spiro atoms. The van der Waals surface area contributed by atoms with Gasteiger partial charge in [-0.05, 0) is 74.1 Å². The smallest absolute Gasteiger partial charge is 0.276 e. The lowest BCUT2D eigenvalue weighted by Crippen LogP contribution is -2.38. The molecule has 0 radical (unpaired) electrons. The highest BCUT2D eigenvalue weighted by molar-refractivity contribution is 7.17. The van der Waals surface area contributed by atoms with E-state index in [2.05, 4.69) is 10.2 Å². The maximum absolute atomic E-state index is 14.3. The summed E-state index contributed by atoms with van der Waals surface area (Å²) < 4.78 is 14.3. The van der Waals surface area contributed by atoms with Crippen LogP contribution in [0.25, 0.3) is 10.4 Å². The van der Waals surface area contributed by atoms with Crippen molar-refractivity contribution >= 4 is 40.3 Å². The Hall–Kier alpha value is -4.04. The predicted molar refractivity (Wildman–Crippen MR) is 155 cm³/mol. The van der Waals surface area contributed by atoms with E-state index in [1.54, 1.807) is 30.0 Å². The minimum absolute atomic E-state index is 0.144. The molecule has 0 unspecified atom stereocenters. The number of aryl methyl sites for hydroxylation is 1. The average Bonchev–Trinajstić information content (AvgIpc) is 3.28. The van der Waals surface area contributed by atoms with Crippen LogP contribution in [0, 0.1) is 12.7 Å². The first-order valence-corrected chi connectivity index (χ1v) is 14.0. The fourth-order valence-electron chi connectivity index (χ4n) is 5.22. The first-order valence-electron chi connectivity index (χ1n) is 13.2. The molecule has 1 N–H and O–H groups in total. The molecule has 2 aliphatic rings. The van der Waals surface area contributed by atoms with E-state index in [-0.39, 0.29) is 17.5 Å². The van der Waals surface area contributed by atoms with Gasteiger partial charge in [0.25, 0.3) is 11.8 Å². The van der Waals surface area contributed by atoms with Crippen molar-refractivity contribution in [2.24, 2.45) is 0 Å². The zero-order chi connectivity index (χ0) is 27.1. The van der Waals surface area contributed by atoms with E-state index in [0.29, 0.717) is 35.1 Å². The highest BCUT2D eigenvalue weighted by Crippen LogP contribution is 2.42. The van der Waals surface area contributed by atoms with Crippen LogP contribution in [0.15, 0.2) is 66.7 Å². The number of halogens is 1. The molecule has 39 heavy (non-hydrogen) atoms. The number of aromatic nitrogens is 1. The predicted octanol–water partition coefficient (Wildman–Crippen LogP) is 6.70. The van der Waals surface area contributed by atoms with Crippen LogP contribution in [0.1, 0.15) is 50.5 Å². The van der Waals surface area contributed by atoms with E-state index in [9.17, 15) is 14.0 Å². The fraction of sp³-hybridized carbons (Fsp3) is 0.258. The van der Waals surface area contributed by atoms with Gasteiger partial charge >= 0.3 is 0 Å². The number of benzene rings is 2. The van der Waals surface area contributed by atoms with E-state index in [1.807, 2.05) is 49.5 Å². The monoisotopic (exact) mass is 540 g/mol. The Kier molecular flexibility index (Phi) is 6.64. The number of carbonyl (C=O) groups excluding carboxylic acids is 2. The largest absolute Gasteiger partial charge is 0.357 e. The Morgan fingerprint density at radius 3 is 2.64 bits per heavy atom. The Morgan fingerprint density at radius 2 is 1.87 bits per heavy atom. The first kappa shape index (κ1) is 25.2. The van der Waals surface area contributed by atoms with Gasteiger partial charge < -0.3 is 15.1 Å². The Balaban J connectivity index is 1.29. The zero-order valence-electron chi connectivity index (χ0n) is 21.9. The lowest BCUT2D eigenvalue weighted by atomic mass is 9.92. The van der Waals surface area contributed by atoms with Crippen molar-refractivity contribution in [1.82, 2.24) is 4.98 Å². The van der Waals surface area contributed by atoms with E-state index in [1.165, 1.54) is 23.8 Å². The standard InChI is InChI=1S/C31H29FN4O2S/c1-19-8-5-12-23(32)28(19)34-30(37)26-18-20-16-17-36(25-14-4-3-11-22(25)29(20)39-26)31(38)24-13-7-15-27(33-24)35(2)21-9-6-10-21/h3-5,7-8,11-15,18,21H,6,9-10,16-17H2,1-2H3,(H,34,37). The molecule has 2 aromatic carbocycles. The van der Waals surface area contributed by atoms with Crippen LogP contribution in [0.5, 0.6) is 0 Å². The maximum Gasteiger partial charge on any atom is 0.276 e. The summed E-state index contributed by atoms with van der Waals surface area (Å²) in [5.74, 6) is -0.135. The lowest BCUT2D eigenvalue weighted by molar-refractivity contribution is 0.0981. The molecule has 0 saturated heterocycles. The number of pyridine rings is 1. The molecule has 2 aromatic heterocycles. The van der Waals surface area contributed by atoms with Crippen molar-refractivity contribution in [3.8, 4) is 10.4 Å². The number of anilines is 3. The molecule has 6 nitrogen and oxygen atoms in total.